The van der Waals surface area contributed by atoms with E-state index in [4.69, 9.17) is 11.1 Å². The molecule has 0 spiro atoms. The van der Waals surface area contributed by atoms with Gasteiger partial charge in [0.2, 0.25) is 10.0 Å². The quantitative estimate of drug-likeness (QED) is 0.582. The van der Waals surface area contributed by atoms with E-state index in [0.29, 0.717) is 4.47 Å². The van der Waals surface area contributed by atoms with Crippen LogP contribution in [-0.4, -0.2) is 30.3 Å². The van der Waals surface area contributed by atoms with E-state index < -0.39 is 10.0 Å². The highest BCUT2D eigenvalue weighted by molar-refractivity contribution is 9.10. The number of hydrogen-bond acceptors (Lipinski definition) is 6. The van der Waals surface area contributed by atoms with E-state index in [1.807, 2.05) is 6.07 Å². The fourth-order valence-electron chi connectivity index (χ4n) is 1.87. The third-order valence-corrected chi connectivity index (χ3v) is 5.34. The van der Waals surface area contributed by atoms with E-state index in [1.54, 1.807) is 0 Å². The summed E-state index contributed by atoms with van der Waals surface area (Å²) >= 11 is 3.21. The Morgan fingerprint density at radius 2 is 2.30 bits per heavy atom. The highest BCUT2D eigenvalue weighted by Crippen LogP contribution is 2.34. The zero-order valence-corrected chi connectivity index (χ0v) is 13.0. The van der Waals surface area contributed by atoms with Crippen LogP contribution < -0.4 is 11.3 Å². The molecule has 0 aromatic carbocycles. The minimum Gasteiger partial charge on any atom is -0.307 e. The highest BCUT2D eigenvalue weighted by atomic mass is 79.9. The summed E-state index contributed by atoms with van der Waals surface area (Å²) in [6, 6.07) is 3.40. The van der Waals surface area contributed by atoms with Crippen molar-refractivity contribution in [1.82, 2.24) is 9.29 Å². The monoisotopic (exact) mass is 359 g/mol. The maximum atomic E-state index is 12.7. The van der Waals surface area contributed by atoms with E-state index >= 15 is 0 Å². The Morgan fingerprint density at radius 3 is 2.85 bits per heavy atom. The summed E-state index contributed by atoms with van der Waals surface area (Å²) in [4.78, 5) is 3.96. The molecule has 0 atom stereocenters. The molecule has 1 aromatic heterocycles. The number of pyridine rings is 1. The molecule has 0 aliphatic heterocycles. The Labute approximate surface area is 125 Å². The largest absolute Gasteiger partial charge is 0.307 e. The summed E-state index contributed by atoms with van der Waals surface area (Å²) in [5.74, 6) is 5.42. The molecule has 7 nitrogen and oxygen atoms in total. The number of nitriles is 1. The predicted octanol–water partition coefficient (Wildman–Crippen LogP) is 1.20. The second kappa shape index (κ2) is 6.05. The lowest BCUT2D eigenvalue weighted by molar-refractivity contribution is 0.411. The molecule has 1 aliphatic rings. The Bertz CT molecular complexity index is 639. The molecule has 108 valence electrons. The lowest BCUT2D eigenvalue weighted by Gasteiger charge is -2.21. The van der Waals surface area contributed by atoms with Gasteiger partial charge in [-0.25, -0.2) is 19.2 Å². The lowest BCUT2D eigenvalue weighted by atomic mass is 10.4. The van der Waals surface area contributed by atoms with Crippen LogP contribution in [0.5, 0.6) is 0 Å². The van der Waals surface area contributed by atoms with Gasteiger partial charge in [-0.1, -0.05) is 0 Å². The predicted molar refractivity (Wildman–Crippen MR) is 76.9 cm³/mol. The topological polar surface area (TPSA) is 112 Å². The minimum absolute atomic E-state index is 0.0132. The molecule has 20 heavy (non-hydrogen) atoms. The van der Waals surface area contributed by atoms with Crippen molar-refractivity contribution in [2.75, 3.05) is 12.0 Å². The van der Waals surface area contributed by atoms with Gasteiger partial charge in [-0.3, -0.25) is 0 Å². The first-order valence-electron chi connectivity index (χ1n) is 6.01. The minimum atomic E-state index is -3.73. The van der Waals surface area contributed by atoms with Crippen LogP contribution in [0.3, 0.4) is 0 Å². The molecule has 2 rings (SSSR count). The first-order chi connectivity index (χ1) is 9.50. The third kappa shape index (κ3) is 3.09. The number of sulfonamides is 1. The first-order valence-corrected chi connectivity index (χ1v) is 8.25. The summed E-state index contributed by atoms with van der Waals surface area (Å²) in [7, 11) is -3.73. The van der Waals surface area contributed by atoms with Crippen LogP contribution in [0.15, 0.2) is 21.6 Å². The molecule has 1 saturated carbocycles. The van der Waals surface area contributed by atoms with Gasteiger partial charge < -0.3 is 5.43 Å². The molecule has 0 saturated heterocycles. The molecule has 1 aliphatic carbocycles. The van der Waals surface area contributed by atoms with Crippen LogP contribution in [0.2, 0.25) is 0 Å². The van der Waals surface area contributed by atoms with E-state index in [0.717, 1.165) is 12.8 Å². The van der Waals surface area contributed by atoms with Crippen molar-refractivity contribution in [1.29, 1.82) is 5.26 Å². The van der Waals surface area contributed by atoms with Crippen LogP contribution in [0.25, 0.3) is 0 Å². The van der Waals surface area contributed by atoms with Crippen molar-refractivity contribution in [2.45, 2.75) is 30.2 Å². The molecule has 0 radical (unpaired) electrons. The van der Waals surface area contributed by atoms with Crippen molar-refractivity contribution < 1.29 is 8.42 Å². The number of hydrogen-bond donors (Lipinski definition) is 2. The van der Waals surface area contributed by atoms with E-state index in [1.165, 1.54) is 16.6 Å². The van der Waals surface area contributed by atoms with E-state index in [9.17, 15) is 8.42 Å². The third-order valence-electron chi connectivity index (χ3n) is 2.94. The maximum Gasteiger partial charge on any atom is 0.247 e. The molecule has 0 bridgehead atoms. The normalized spacial score (nSPS) is 15.1. The summed E-state index contributed by atoms with van der Waals surface area (Å²) in [6.07, 6.45) is 3.25. The Morgan fingerprint density at radius 1 is 1.60 bits per heavy atom. The fraction of sp³-hybridized carbons (Fsp3) is 0.455. The molecule has 9 heteroatoms. The molecular weight excluding hydrogens is 346 g/mol. The van der Waals surface area contributed by atoms with Crippen molar-refractivity contribution in [3.05, 3.63) is 16.7 Å². The first kappa shape index (κ1) is 15.2. The van der Waals surface area contributed by atoms with Gasteiger partial charge >= 0.3 is 0 Å². The van der Waals surface area contributed by atoms with Gasteiger partial charge in [0, 0.05) is 29.7 Å². The number of nitrogen functional groups attached to an aromatic ring is 1. The number of nitrogens with one attached hydrogen (secondary N) is 1. The zero-order chi connectivity index (χ0) is 14.8. The number of aromatic nitrogens is 1. The van der Waals surface area contributed by atoms with Crippen LogP contribution in [0.4, 0.5) is 5.82 Å². The number of anilines is 1. The standard InChI is InChI=1S/C11H14BrN5O2S/c12-8-6-10(11(16-14)15-7-8)20(18,19)17(5-1-4-13)9-2-3-9/h6-7,9H,1-3,5,14H2,(H,15,16). The average Bonchev–Trinajstić information content (AvgIpc) is 3.23. The van der Waals surface area contributed by atoms with Crippen molar-refractivity contribution in [3.8, 4) is 6.07 Å². The average molecular weight is 360 g/mol. The molecule has 1 fully saturated rings. The second-order valence-corrected chi connectivity index (χ2v) is 7.17. The smallest absolute Gasteiger partial charge is 0.247 e. The molecule has 3 N–H and O–H groups in total. The molecule has 0 unspecified atom stereocenters. The van der Waals surface area contributed by atoms with Crippen molar-refractivity contribution in [3.63, 3.8) is 0 Å². The summed E-state index contributed by atoms with van der Waals surface area (Å²) in [6.45, 7) is 0.181. The van der Waals surface area contributed by atoms with E-state index in [2.05, 4.69) is 26.3 Å². The van der Waals surface area contributed by atoms with Gasteiger partial charge in [0.25, 0.3) is 0 Å². The summed E-state index contributed by atoms with van der Waals surface area (Å²) in [5.41, 5.74) is 2.30. The Balaban J connectivity index is 2.42. The van der Waals surface area contributed by atoms with Crippen molar-refractivity contribution in [2.24, 2.45) is 5.84 Å². The van der Waals surface area contributed by atoms with Gasteiger partial charge in [-0.15, -0.1) is 0 Å². The number of rotatable bonds is 6. The van der Waals surface area contributed by atoms with Crippen LogP contribution in [0, 0.1) is 11.3 Å². The fourth-order valence-corrected chi connectivity index (χ4v) is 4.18. The summed E-state index contributed by atoms with van der Waals surface area (Å²) < 4.78 is 27.3. The molecule has 1 aromatic rings. The van der Waals surface area contributed by atoms with Gasteiger partial charge in [0.15, 0.2) is 5.82 Å². The van der Waals surface area contributed by atoms with Crippen molar-refractivity contribution >= 4 is 31.8 Å². The molecule has 0 amide bonds. The van der Waals surface area contributed by atoms with Crippen LogP contribution in [-0.2, 0) is 10.0 Å². The van der Waals surface area contributed by atoms with Gasteiger partial charge in [-0.05, 0) is 34.8 Å². The maximum absolute atomic E-state index is 12.7. The van der Waals surface area contributed by atoms with Crippen LogP contribution in [0.1, 0.15) is 19.3 Å². The van der Waals surface area contributed by atoms with Gasteiger partial charge in [-0.2, -0.15) is 9.57 Å². The summed E-state index contributed by atoms with van der Waals surface area (Å²) in [5, 5.41) is 8.67. The van der Waals surface area contributed by atoms with Gasteiger partial charge in [0.1, 0.15) is 4.90 Å². The van der Waals surface area contributed by atoms with Gasteiger partial charge in [0.05, 0.1) is 6.07 Å². The number of hydrazine groups is 1. The molecule has 1 heterocycles. The van der Waals surface area contributed by atoms with E-state index in [-0.39, 0.29) is 29.7 Å². The Hall–Kier alpha value is -1.21. The SMILES string of the molecule is N#CCCN(C1CC1)S(=O)(=O)c1cc(Br)cnc1NN. The lowest BCUT2D eigenvalue weighted by Crippen LogP contribution is -2.34. The number of halogens is 1. The number of nitrogens with two attached hydrogens (primary N) is 1. The zero-order valence-electron chi connectivity index (χ0n) is 10.6. The van der Waals surface area contributed by atoms with Crippen LogP contribution >= 0.6 is 15.9 Å². The highest BCUT2D eigenvalue weighted by Gasteiger charge is 2.39. The Kier molecular flexibility index (Phi) is 4.59. The molecular formula is C11H14BrN5O2S. The second-order valence-electron chi connectivity index (χ2n) is 4.40. The number of nitrogens with zero attached hydrogens (tertiary/aromatic N) is 3.